The molecule has 0 atom stereocenters. The van der Waals surface area contributed by atoms with Gasteiger partial charge in [0.05, 0.1) is 39.0 Å². The largest absolute Gasteiger partial charge is 0.308 e. The summed E-state index contributed by atoms with van der Waals surface area (Å²) in [5.74, 6) is -3.09. The molecule has 0 saturated carbocycles. The van der Waals surface area contributed by atoms with Crippen molar-refractivity contribution >= 4 is 43.6 Å². The van der Waals surface area contributed by atoms with Gasteiger partial charge in [0.25, 0.3) is 0 Å². The molecule has 10 aromatic rings. The van der Waals surface area contributed by atoms with Crippen LogP contribution in [0.5, 0.6) is 0 Å². The predicted octanol–water partition coefficient (Wildman–Crippen LogP) is 13.2. The van der Waals surface area contributed by atoms with Gasteiger partial charge in [-0.1, -0.05) is 109 Å². The minimum absolute atomic E-state index is 0.165. The molecule has 0 fully saturated rings. The molecule has 0 bridgehead atoms. The van der Waals surface area contributed by atoms with E-state index in [1.54, 1.807) is 12.1 Å². The molecule has 3 nitrogen and oxygen atoms in total. The summed E-state index contributed by atoms with van der Waals surface area (Å²) in [4.78, 5) is 0. The zero-order valence-corrected chi connectivity index (χ0v) is 29.1. The van der Waals surface area contributed by atoms with E-state index in [9.17, 15) is 9.65 Å². The Morgan fingerprint density at radius 3 is 1.25 bits per heavy atom. The molecular formula is C49H28F3N3. The van der Waals surface area contributed by atoms with Crippen molar-refractivity contribution in [3.8, 4) is 50.8 Å². The van der Waals surface area contributed by atoms with E-state index in [0.717, 1.165) is 65.9 Å². The summed E-state index contributed by atoms with van der Waals surface area (Å²) in [7, 11) is 0. The molecule has 2 aromatic heterocycles. The van der Waals surface area contributed by atoms with E-state index >= 15 is 8.78 Å². The number of hydrogen-bond acceptors (Lipinski definition) is 1. The molecule has 2 heterocycles. The summed E-state index contributed by atoms with van der Waals surface area (Å²) in [5.41, 5.74) is 8.40. The summed E-state index contributed by atoms with van der Waals surface area (Å²) in [6, 6.07) is 55.6. The summed E-state index contributed by atoms with van der Waals surface area (Å²) in [6.45, 7) is 0. The van der Waals surface area contributed by atoms with Crippen molar-refractivity contribution in [2.75, 3.05) is 0 Å². The van der Waals surface area contributed by atoms with Crippen molar-refractivity contribution in [1.29, 1.82) is 5.26 Å². The number of fused-ring (bicyclic) bond motifs is 6. The van der Waals surface area contributed by atoms with Gasteiger partial charge < -0.3 is 9.13 Å². The highest BCUT2D eigenvalue weighted by Crippen LogP contribution is 2.42. The van der Waals surface area contributed by atoms with Crippen LogP contribution in [0, 0.1) is 28.8 Å². The van der Waals surface area contributed by atoms with E-state index in [2.05, 4.69) is 42.5 Å². The summed E-state index contributed by atoms with van der Waals surface area (Å²) < 4.78 is 49.9. The molecule has 0 amide bonds. The Balaban J connectivity index is 1.33. The monoisotopic (exact) mass is 715 g/mol. The standard InChI is InChI=1S/C49H28F3N3/c50-35-27-41(51)49(42(52)28-35)34-25-47(54-43-17-9-7-15-36(43)38-23-32(19-21-45(38)54)30-11-3-1-4-12-30)40(29-53)48(26-34)55-44-18-10-8-16-37(44)39-24-33(20-22-46(39)55)31-13-5-2-6-14-31/h1-28H. The fourth-order valence-electron chi connectivity index (χ4n) is 8.13. The van der Waals surface area contributed by atoms with Crippen molar-refractivity contribution in [3.05, 3.63) is 193 Å². The Bertz CT molecular complexity index is 2990. The van der Waals surface area contributed by atoms with Crippen LogP contribution in [0.2, 0.25) is 0 Å². The molecule has 0 radical (unpaired) electrons. The van der Waals surface area contributed by atoms with Gasteiger partial charge in [-0.25, -0.2) is 13.2 Å². The number of benzene rings is 8. The van der Waals surface area contributed by atoms with E-state index in [1.807, 2.05) is 118 Å². The second-order valence-electron chi connectivity index (χ2n) is 13.6. The second-order valence-corrected chi connectivity index (χ2v) is 13.6. The van der Waals surface area contributed by atoms with Crippen molar-refractivity contribution in [1.82, 2.24) is 9.13 Å². The molecule has 0 aliphatic heterocycles. The van der Waals surface area contributed by atoms with Crippen LogP contribution in [-0.4, -0.2) is 9.13 Å². The fourth-order valence-corrected chi connectivity index (χ4v) is 8.13. The van der Waals surface area contributed by atoms with Crippen LogP contribution in [0.25, 0.3) is 88.4 Å². The lowest BCUT2D eigenvalue weighted by molar-refractivity contribution is 0.548. The maximum absolute atomic E-state index is 15.8. The van der Waals surface area contributed by atoms with Crippen LogP contribution >= 0.6 is 0 Å². The van der Waals surface area contributed by atoms with Crippen LogP contribution in [0.15, 0.2) is 170 Å². The van der Waals surface area contributed by atoms with Gasteiger partial charge in [0.1, 0.15) is 29.1 Å². The van der Waals surface area contributed by atoms with Crippen molar-refractivity contribution < 1.29 is 13.2 Å². The molecule has 0 aliphatic carbocycles. The molecule has 10 rings (SSSR count). The number of halogens is 3. The highest BCUT2D eigenvalue weighted by molar-refractivity contribution is 6.12. The van der Waals surface area contributed by atoms with Crippen molar-refractivity contribution in [2.45, 2.75) is 0 Å². The molecule has 0 N–H and O–H groups in total. The third kappa shape index (κ3) is 5.13. The number of para-hydroxylation sites is 2. The van der Waals surface area contributed by atoms with Gasteiger partial charge in [0, 0.05) is 33.7 Å². The predicted molar refractivity (Wildman–Crippen MR) is 216 cm³/mol. The highest BCUT2D eigenvalue weighted by Gasteiger charge is 2.25. The highest BCUT2D eigenvalue weighted by atomic mass is 19.1. The lowest BCUT2D eigenvalue weighted by atomic mass is 9.98. The number of nitrogens with zero attached hydrogens (tertiary/aromatic N) is 3. The van der Waals surface area contributed by atoms with Crippen molar-refractivity contribution in [3.63, 3.8) is 0 Å². The number of rotatable bonds is 5. The Morgan fingerprint density at radius 1 is 0.382 bits per heavy atom. The van der Waals surface area contributed by atoms with Gasteiger partial charge in [-0.15, -0.1) is 0 Å². The molecule has 0 unspecified atom stereocenters. The number of nitriles is 1. The van der Waals surface area contributed by atoms with Gasteiger partial charge in [-0.3, -0.25) is 0 Å². The van der Waals surface area contributed by atoms with E-state index in [4.69, 9.17) is 0 Å². The first kappa shape index (κ1) is 32.3. The SMILES string of the molecule is N#Cc1c(-n2c3ccccc3c3cc(-c4ccccc4)ccc32)cc(-c2c(F)cc(F)cc2F)cc1-n1c2ccccc2c2cc(-c3ccccc3)ccc21. The average Bonchev–Trinajstić information content (AvgIpc) is 3.73. The Kier molecular flexibility index (Phi) is 7.43. The van der Waals surface area contributed by atoms with Crippen molar-refractivity contribution in [2.24, 2.45) is 0 Å². The molecule has 8 aromatic carbocycles. The van der Waals surface area contributed by atoms with Crippen LogP contribution in [0.3, 0.4) is 0 Å². The zero-order valence-electron chi connectivity index (χ0n) is 29.1. The maximum atomic E-state index is 15.8. The zero-order chi connectivity index (χ0) is 37.2. The minimum atomic E-state index is -1.04. The fraction of sp³-hybridized carbons (Fsp3) is 0. The molecular weight excluding hydrogens is 688 g/mol. The Labute approximate surface area is 314 Å². The molecule has 55 heavy (non-hydrogen) atoms. The molecule has 6 heteroatoms. The second kappa shape index (κ2) is 12.6. The minimum Gasteiger partial charge on any atom is -0.308 e. The third-order valence-electron chi connectivity index (χ3n) is 10.5. The molecule has 0 spiro atoms. The molecule has 0 aliphatic rings. The smallest absolute Gasteiger partial charge is 0.136 e. The van der Waals surface area contributed by atoms with Gasteiger partial charge in [0.2, 0.25) is 0 Å². The van der Waals surface area contributed by atoms with Crippen LogP contribution < -0.4 is 0 Å². The number of hydrogen-bond donors (Lipinski definition) is 0. The molecule has 260 valence electrons. The Morgan fingerprint density at radius 2 is 0.800 bits per heavy atom. The van der Waals surface area contributed by atoms with Gasteiger partial charge >= 0.3 is 0 Å². The van der Waals surface area contributed by atoms with Crippen LogP contribution in [0.1, 0.15) is 5.56 Å². The quantitative estimate of drug-likeness (QED) is 0.175. The van der Waals surface area contributed by atoms with Gasteiger partial charge in [-0.05, 0) is 76.3 Å². The van der Waals surface area contributed by atoms with Gasteiger partial charge in [0.15, 0.2) is 0 Å². The lowest BCUT2D eigenvalue weighted by Crippen LogP contribution is -2.06. The normalized spacial score (nSPS) is 11.5. The number of aromatic nitrogens is 2. The average molecular weight is 716 g/mol. The first-order valence-electron chi connectivity index (χ1n) is 17.9. The summed E-state index contributed by atoms with van der Waals surface area (Å²) in [6.07, 6.45) is 0. The summed E-state index contributed by atoms with van der Waals surface area (Å²) >= 11 is 0. The van der Waals surface area contributed by atoms with E-state index in [0.29, 0.717) is 29.1 Å². The summed E-state index contributed by atoms with van der Waals surface area (Å²) in [5, 5.41) is 15.0. The van der Waals surface area contributed by atoms with Gasteiger partial charge in [-0.2, -0.15) is 5.26 Å². The Hall–Kier alpha value is -7.36. The first-order valence-corrected chi connectivity index (χ1v) is 17.9. The maximum Gasteiger partial charge on any atom is 0.136 e. The third-order valence-corrected chi connectivity index (χ3v) is 10.5. The van der Waals surface area contributed by atoms with Crippen LogP contribution in [-0.2, 0) is 0 Å². The lowest BCUT2D eigenvalue weighted by Gasteiger charge is -2.19. The topological polar surface area (TPSA) is 33.6 Å². The van der Waals surface area contributed by atoms with E-state index in [1.165, 1.54) is 0 Å². The van der Waals surface area contributed by atoms with E-state index < -0.39 is 17.5 Å². The molecule has 0 saturated heterocycles. The van der Waals surface area contributed by atoms with Crippen LogP contribution in [0.4, 0.5) is 13.2 Å². The first-order chi connectivity index (χ1) is 27.0. The van der Waals surface area contributed by atoms with E-state index in [-0.39, 0.29) is 11.1 Å².